The molecule has 5 rings (SSSR count). The maximum Gasteiger partial charge on any atom is 0.259 e. The molecule has 204 valence electrons. The van der Waals surface area contributed by atoms with Crippen LogP contribution in [-0.2, 0) is 19.6 Å². The van der Waals surface area contributed by atoms with Crippen LogP contribution in [0.4, 0.5) is 0 Å². The number of fused-ring (bicyclic) bond motifs is 1. The van der Waals surface area contributed by atoms with E-state index in [1.54, 1.807) is 25.1 Å². The van der Waals surface area contributed by atoms with Gasteiger partial charge >= 0.3 is 0 Å². The van der Waals surface area contributed by atoms with Crippen LogP contribution in [0.2, 0.25) is 5.02 Å². The van der Waals surface area contributed by atoms with Gasteiger partial charge in [0.25, 0.3) is 5.91 Å². The number of nitrogens with zero attached hydrogens (tertiary/aromatic N) is 1. The van der Waals surface area contributed by atoms with Crippen molar-refractivity contribution in [2.45, 2.75) is 62.0 Å². The SMILES string of the molecule is C=C[C@@H]1C[C@]1(NC(=O)C1C[C@@H](Oc2cc(OCC)nc3c(Cl)cccc23)CN1)C(=O)NS(=O)(=O)C1(C)CC1. The molecule has 38 heavy (non-hydrogen) atoms. The summed E-state index contributed by atoms with van der Waals surface area (Å²) < 4.78 is 38.3. The number of halogens is 1. The zero-order chi connectivity index (χ0) is 27.3. The van der Waals surface area contributed by atoms with E-state index >= 15 is 0 Å². The van der Waals surface area contributed by atoms with Gasteiger partial charge in [0.15, 0.2) is 0 Å². The number of para-hydroxylation sites is 1. The fraction of sp³-hybridized carbons (Fsp3) is 0.500. The van der Waals surface area contributed by atoms with Crippen molar-refractivity contribution in [2.24, 2.45) is 5.92 Å². The van der Waals surface area contributed by atoms with Gasteiger partial charge in [0, 0.05) is 30.3 Å². The number of sulfonamides is 1. The largest absolute Gasteiger partial charge is 0.488 e. The van der Waals surface area contributed by atoms with E-state index in [0.29, 0.717) is 54.6 Å². The van der Waals surface area contributed by atoms with E-state index in [0.717, 1.165) is 5.39 Å². The number of hydrogen-bond acceptors (Lipinski definition) is 8. The van der Waals surface area contributed by atoms with Crippen LogP contribution in [0.1, 0.15) is 39.5 Å². The Morgan fingerprint density at radius 3 is 2.76 bits per heavy atom. The molecule has 2 amide bonds. The number of ether oxygens (including phenoxy) is 2. The van der Waals surface area contributed by atoms with E-state index in [4.69, 9.17) is 21.1 Å². The number of hydrogen-bond donors (Lipinski definition) is 3. The molecule has 0 bridgehead atoms. The van der Waals surface area contributed by atoms with Crippen LogP contribution >= 0.6 is 11.6 Å². The lowest BCUT2D eigenvalue weighted by Crippen LogP contribution is -2.56. The average molecular weight is 563 g/mol. The van der Waals surface area contributed by atoms with Crippen molar-refractivity contribution in [3.05, 3.63) is 41.9 Å². The normalized spacial score (nSPS) is 27.4. The first-order valence-corrected chi connectivity index (χ1v) is 14.5. The summed E-state index contributed by atoms with van der Waals surface area (Å²) in [6.07, 6.45) is 2.84. The predicted molar refractivity (Wildman–Crippen MR) is 143 cm³/mol. The van der Waals surface area contributed by atoms with Gasteiger partial charge in [0.2, 0.25) is 21.8 Å². The maximum atomic E-state index is 13.2. The zero-order valence-corrected chi connectivity index (χ0v) is 22.8. The third-order valence-corrected chi connectivity index (χ3v) is 10.1. The smallest absolute Gasteiger partial charge is 0.259 e. The first kappa shape index (κ1) is 26.7. The number of nitrogens with one attached hydrogen (secondary N) is 3. The lowest BCUT2D eigenvalue weighted by molar-refractivity contribution is -0.130. The van der Waals surface area contributed by atoms with E-state index < -0.39 is 38.2 Å². The third-order valence-electron chi connectivity index (χ3n) is 7.60. The molecule has 1 aliphatic heterocycles. The molecule has 1 aromatic heterocycles. The fourth-order valence-corrected chi connectivity index (χ4v) is 6.30. The second kappa shape index (κ2) is 9.69. The van der Waals surface area contributed by atoms with Gasteiger partial charge < -0.3 is 20.1 Å². The predicted octanol–water partition coefficient (Wildman–Crippen LogP) is 2.46. The number of carbonyl (C=O) groups is 2. The molecule has 2 aromatic rings. The molecule has 12 heteroatoms. The highest BCUT2D eigenvalue weighted by atomic mass is 35.5. The minimum Gasteiger partial charge on any atom is -0.488 e. The lowest BCUT2D eigenvalue weighted by atomic mass is 10.1. The summed E-state index contributed by atoms with van der Waals surface area (Å²) in [7, 11) is -3.83. The minimum absolute atomic E-state index is 0.289. The number of pyridine rings is 1. The van der Waals surface area contributed by atoms with Gasteiger partial charge in [-0.15, -0.1) is 6.58 Å². The summed E-state index contributed by atoms with van der Waals surface area (Å²) in [5.41, 5.74) is -0.773. The molecule has 0 radical (unpaired) electrons. The third kappa shape index (κ3) is 4.83. The molecule has 1 unspecified atom stereocenters. The molecule has 3 fully saturated rings. The Bertz CT molecular complexity index is 1410. The standard InChI is InChI=1S/C26H31ClN4O6S/c1-4-15-13-26(15,24(33)31-38(34,35)25(3)9-10-25)30-23(32)19-11-16(14-28-19)37-20-12-21(36-5-2)29-22-17(20)7-6-8-18(22)27/h4,6-8,12,15-16,19,28H,1,5,9-11,13-14H2,2-3H3,(H,30,32)(H,31,33)/t15-,16-,19?,26-/m1/s1. The molecule has 3 aliphatic rings. The number of amides is 2. The molecule has 10 nitrogen and oxygen atoms in total. The lowest BCUT2D eigenvalue weighted by Gasteiger charge is -2.22. The number of aromatic nitrogens is 1. The second-order valence-corrected chi connectivity index (χ2v) is 13.0. The highest BCUT2D eigenvalue weighted by Crippen LogP contribution is 2.47. The zero-order valence-electron chi connectivity index (χ0n) is 21.3. The van der Waals surface area contributed by atoms with Gasteiger partial charge in [-0.05, 0) is 45.2 Å². The minimum atomic E-state index is -3.83. The van der Waals surface area contributed by atoms with Gasteiger partial charge in [0.05, 0.1) is 27.9 Å². The van der Waals surface area contributed by atoms with Crippen LogP contribution in [-0.4, -0.2) is 60.8 Å². The maximum absolute atomic E-state index is 13.2. The van der Waals surface area contributed by atoms with Crippen LogP contribution in [0, 0.1) is 5.92 Å². The van der Waals surface area contributed by atoms with Crippen LogP contribution in [0.15, 0.2) is 36.9 Å². The van der Waals surface area contributed by atoms with Gasteiger partial charge in [0.1, 0.15) is 17.4 Å². The van der Waals surface area contributed by atoms with Gasteiger partial charge in [-0.3, -0.25) is 14.3 Å². The van der Waals surface area contributed by atoms with E-state index in [1.807, 2.05) is 19.1 Å². The Kier molecular flexibility index (Phi) is 6.81. The molecule has 3 N–H and O–H groups in total. The van der Waals surface area contributed by atoms with Crippen molar-refractivity contribution in [3.63, 3.8) is 0 Å². The molecule has 2 aliphatic carbocycles. The van der Waals surface area contributed by atoms with E-state index in [9.17, 15) is 18.0 Å². The van der Waals surface area contributed by atoms with Gasteiger partial charge in [-0.2, -0.15) is 0 Å². The molecule has 2 saturated carbocycles. The molecular weight excluding hydrogens is 532 g/mol. The van der Waals surface area contributed by atoms with Crippen molar-refractivity contribution >= 4 is 44.3 Å². The summed E-state index contributed by atoms with van der Waals surface area (Å²) in [5.74, 6) is -0.554. The highest BCUT2D eigenvalue weighted by molar-refractivity contribution is 7.91. The Morgan fingerprint density at radius 2 is 2.11 bits per heavy atom. The van der Waals surface area contributed by atoms with Crippen LogP contribution < -0.4 is 24.8 Å². The number of carbonyl (C=O) groups excluding carboxylic acids is 2. The van der Waals surface area contributed by atoms with Crippen molar-refractivity contribution in [3.8, 4) is 11.6 Å². The first-order chi connectivity index (χ1) is 18.0. The molecule has 4 atom stereocenters. The Labute approximate surface area is 226 Å². The van der Waals surface area contributed by atoms with Crippen LogP contribution in [0.25, 0.3) is 10.9 Å². The highest BCUT2D eigenvalue weighted by Gasteiger charge is 2.62. The molecule has 0 spiro atoms. The van der Waals surface area contributed by atoms with Crippen molar-refractivity contribution in [1.82, 2.24) is 20.3 Å². The summed E-state index contributed by atoms with van der Waals surface area (Å²) in [4.78, 5) is 30.7. The topological polar surface area (TPSA) is 136 Å². The Balaban J connectivity index is 1.27. The summed E-state index contributed by atoms with van der Waals surface area (Å²) in [5, 5.41) is 7.14. The summed E-state index contributed by atoms with van der Waals surface area (Å²) in [6, 6.07) is 6.48. The van der Waals surface area contributed by atoms with Crippen molar-refractivity contribution in [1.29, 1.82) is 0 Å². The number of rotatable bonds is 10. The van der Waals surface area contributed by atoms with Crippen LogP contribution in [0.5, 0.6) is 11.6 Å². The molecule has 1 saturated heterocycles. The van der Waals surface area contributed by atoms with Crippen molar-refractivity contribution < 1.29 is 27.5 Å². The van der Waals surface area contributed by atoms with E-state index in [-0.39, 0.29) is 18.4 Å². The van der Waals surface area contributed by atoms with Gasteiger partial charge in [-0.1, -0.05) is 23.7 Å². The quantitative estimate of drug-likeness (QED) is 0.376. The molecule has 1 aromatic carbocycles. The summed E-state index contributed by atoms with van der Waals surface area (Å²) >= 11 is 6.35. The average Bonchev–Trinajstić information content (AvgIpc) is 3.74. The monoisotopic (exact) mass is 562 g/mol. The Morgan fingerprint density at radius 1 is 1.34 bits per heavy atom. The van der Waals surface area contributed by atoms with Gasteiger partial charge in [-0.25, -0.2) is 13.4 Å². The van der Waals surface area contributed by atoms with E-state index in [2.05, 4.69) is 26.9 Å². The van der Waals surface area contributed by atoms with Crippen LogP contribution in [0.3, 0.4) is 0 Å². The summed E-state index contributed by atoms with van der Waals surface area (Å²) in [6.45, 7) is 8.01. The first-order valence-electron chi connectivity index (χ1n) is 12.7. The fourth-order valence-electron chi connectivity index (χ4n) is 4.77. The molecule has 2 heterocycles. The number of benzene rings is 1. The Hall–Kier alpha value is -2.89. The van der Waals surface area contributed by atoms with E-state index in [1.165, 1.54) is 0 Å². The van der Waals surface area contributed by atoms with Crippen molar-refractivity contribution in [2.75, 3.05) is 13.2 Å². The second-order valence-electron chi connectivity index (χ2n) is 10.4. The molecular formula is C26H31ClN4O6S.